The lowest BCUT2D eigenvalue weighted by Crippen LogP contribution is -2.48. The Morgan fingerprint density at radius 1 is 1.23 bits per heavy atom. The number of hydrogen-bond acceptors (Lipinski definition) is 3. The molecule has 2 aromatic carbocycles. The van der Waals surface area contributed by atoms with Crippen molar-refractivity contribution in [1.29, 1.82) is 0 Å². The smallest absolute Gasteiger partial charge is 0.398 e. The summed E-state index contributed by atoms with van der Waals surface area (Å²) in [6.45, 7) is 0.713. The maximum absolute atomic E-state index is 14.1. The highest BCUT2D eigenvalue weighted by Gasteiger charge is 2.43. The average molecular weight is 484 g/mol. The molecule has 1 aromatic heterocycles. The molecule has 0 saturated carbocycles. The molecule has 3 N–H and O–H groups in total. The third kappa shape index (κ3) is 4.36. The molecule has 0 aliphatic rings. The highest BCUT2D eigenvalue weighted by Crippen LogP contribution is 2.33. The van der Waals surface area contributed by atoms with E-state index in [2.05, 4.69) is 0 Å². The summed E-state index contributed by atoms with van der Waals surface area (Å²) in [6.07, 6.45) is -3.64. The summed E-state index contributed by atoms with van der Waals surface area (Å²) < 4.78 is 83.3. The zero-order chi connectivity index (χ0) is 22.4. The van der Waals surface area contributed by atoms with Crippen LogP contribution >= 0.6 is 23.2 Å². The molecule has 1 atom stereocenters. The Labute approximate surface area is 179 Å². The molecular weight excluding hydrogens is 469 g/mol. The van der Waals surface area contributed by atoms with Crippen molar-refractivity contribution in [1.82, 2.24) is 9.29 Å². The second kappa shape index (κ2) is 7.92. The number of hydrogen-bond donors (Lipinski definition) is 2. The van der Waals surface area contributed by atoms with Crippen molar-refractivity contribution in [3.05, 3.63) is 58.0 Å². The van der Waals surface area contributed by atoms with Gasteiger partial charge in [-0.3, -0.25) is 0 Å². The molecule has 12 heteroatoms. The standard InChI is InChI=1S/C18H15Cl2F4N3O2S/c1-9-7-27(14-4-2-3-12(21)16(9)14)8-15(18(22,23)24)26-30(28,29)17-11(20)5-10(19)6-13(17)25/h2-7,15,26H,8,25H2,1H3. The number of rotatable bonds is 5. The van der Waals surface area contributed by atoms with Crippen LogP contribution in [0.1, 0.15) is 5.56 Å². The number of sulfonamides is 1. The molecule has 0 radical (unpaired) electrons. The minimum atomic E-state index is -4.96. The van der Waals surface area contributed by atoms with Crippen LogP contribution in [0.15, 0.2) is 41.4 Å². The van der Waals surface area contributed by atoms with Crippen molar-refractivity contribution in [3.8, 4) is 0 Å². The molecule has 0 aliphatic carbocycles. The normalized spacial score (nSPS) is 13.7. The lowest BCUT2D eigenvalue weighted by molar-refractivity contribution is -0.154. The van der Waals surface area contributed by atoms with Crippen LogP contribution in [0.2, 0.25) is 10.0 Å². The molecule has 1 unspecified atom stereocenters. The molecule has 0 amide bonds. The number of halogens is 6. The van der Waals surface area contributed by atoms with Gasteiger partial charge in [-0.15, -0.1) is 0 Å². The van der Waals surface area contributed by atoms with E-state index in [0.29, 0.717) is 5.56 Å². The summed E-state index contributed by atoms with van der Waals surface area (Å²) in [7, 11) is -4.77. The van der Waals surface area contributed by atoms with Crippen LogP contribution in [0.5, 0.6) is 0 Å². The first-order chi connectivity index (χ1) is 13.8. The van der Waals surface area contributed by atoms with Gasteiger partial charge in [-0.2, -0.15) is 17.9 Å². The molecule has 0 fully saturated rings. The predicted octanol–water partition coefficient (Wildman–Crippen LogP) is 4.89. The fourth-order valence-corrected chi connectivity index (χ4v) is 5.37. The Kier molecular flexibility index (Phi) is 5.98. The van der Waals surface area contributed by atoms with E-state index in [4.69, 9.17) is 28.9 Å². The maximum Gasteiger partial charge on any atom is 0.406 e. The van der Waals surface area contributed by atoms with Crippen LogP contribution in [-0.2, 0) is 16.6 Å². The number of alkyl halides is 3. The number of nitrogens with two attached hydrogens (primary N) is 1. The maximum atomic E-state index is 14.1. The number of benzene rings is 2. The van der Waals surface area contributed by atoms with Crippen LogP contribution in [-0.4, -0.2) is 25.2 Å². The molecule has 0 aliphatic heterocycles. The van der Waals surface area contributed by atoms with Gasteiger partial charge in [0.1, 0.15) is 16.8 Å². The molecule has 5 nitrogen and oxygen atoms in total. The zero-order valence-corrected chi connectivity index (χ0v) is 17.6. The van der Waals surface area contributed by atoms with Crippen molar-refractivity contribution in [3.63, 3.8) is 0 Å². The summed E-state index contributed by atoms with van der Waals surface area (Å²) >= 11 is 11.6. The highest BCUT2D eigenvalue weighted by molar-refractivity contribution is 7.89. The Morgan fingerprint density at radius 2 is 1.90 bits per heavy atom. The van der Waals surface area contributed by atoms with Gasteiger partial charge in [0.15, 0.2) is 0 Å². The zero-order valence-electron chi connectivity index (χ0n) is 15.3. The van der Waals surface area contributed by atoms with Crippen LogP contribution in [0.3, 0.4) is 0 Å². The van der Waals surface area contributed by atoms with E-state index >= 15 is 0 Å². The second-order valence-electron chi connectivity index (χ2n) is 6.62. The Balaban J connectivity index is 2.03. The van der Waals surface area contributed by atoms with E-state index in [1.54, 1.807) is 11.6 Å². The average Bonchev–Trinajstić information content (AvgIpc) is 2.89. The van der Waals surface area contributed by atoms with Gasteiger partial charge in [0, 0.05) is 23.2 Å². The molecule has 30 heavy (non-hydrogen) atoms. The lowest BCUT2D eigenvalue weighted by Gasteiger charge is -2.23. The largest absolute Gasteiger partial charge is 0.406 e. The van der Waals surface area contributed by atoms with Gasteiger partial charge in [-0.1, -0.05) is 29.3 Å². The lowest BCUT2D eigenvalue weighted by atomic mass is 10.2. The minimum absolute atomic E-state index is 0.0279. The molecule has 0 saturated heterocycles. The number of anilines is 1. The number of aromatic nitrogens is 1. The molecule has 3 rings (SSSR count). The monoisotopic (exact) mass is 483 g/mol. The molecule has 3 aromatic rings. The molecular formula is C18H15Cl2F4N3O2S. The SMILES string of the molecule is Cc1cn(CC(NS(=O)(=O)c2c(N)cc(Cl)cc2Cl)C(F)(F)F)c2cccc(F)c12. The predicted molar refractivity (Wildman–Crippen MR) is 108 cm³/mol. The number of aryl methyl sites for hydroxylation is 1. The van der Waals surface area contributed by atoms with Crippen molar-refractivity contribution >= 4 is 49.8 Å². The second-order valence-corrected chi connectivity index (χ2v) is 9.11. The molecule has 162 valence electrons. The fourth-order valence-electron chi connectivity index (χ4n) is 3.18. The minimum Gasteiger partial charge on any atom is -0.398 e. The summed E-state index contributed by atoms with van der Waals surface area (Å²) in [5, 5.41) is -0.232. The van der Waals surface area contributed by atoms with Crippen LogP contribution < -0.4 is 10.5 Å². The highest BCUT2D eigenvalue weighted by atomic mass is 35.5. The van der Waals surface area contributed by atoms with Gasteiger partial charge in [-0.25, -0.2) is 12.8 Å². The molecule has 1 heterocycles. The summed E-state index contributed by atoms with van der Waals surface area (Å²) in [4.78, 5) is -0.706. The third-order valence-electron chi connectivity index (χ3n) is 4.42. The van der Waals surface area contributed by atoms with Crippen molar-refractivity contribution in [2.24, 2.45) is 0 Å². The molecule has 0 spiro atoms. The van der Waals surface area contributed by atoms with Crippen molar-refractivity contribution in [2.75, 3.05) is 5.73 Å². The first-order valence-corrected chi connectivity index (χ1v) is 10.6. The first kappa shape index (κ1) is 22.7. The fraction of sp³-hybridized carbons (Fsp3) is 0.222. The van der Waals surface area contributed by atoms with Crippen LogP contribution in [0, 0.1) is 12.7 Å². The van der Waals surface area contributed by atoms with Crippen molar-refractivity contribution in [2.45, 2.75) is 30.6 Å². The summed E-state index contributed by atoms with van der Waals surface area (Å²) in [6, 6.07) is 3.58. The van der Waals surface area contributed by atoms with E-state index in [9.17, 15) is 26.0 Å². The Bertz CT molecular complexity index is 1200. The van der Waals surface area contributed by atoms with E-state index < -0.39 is 50.2 Å². The Morgan fingerprint density at radius 3 is 2.50 bits per heavy atom. The van der Waals surface area contributed by atoms with Crippen molar-refractivity contribution < 1.29 is 26.0 Å². The van der Waals surface area contributed by atoms with E-state index in [0.717, 1.165) is 16.7 Å². The number of nitrogens with zero attached hydrogens (tertiary/aromatic N) is 1. The van der Waals surface area contributed by atoms with E-state index in [1.165, 1.54) is 24.4 Å². The van der Waals surface area contributed by atoms with Gasteiger partial charge in [0.25, 0.3) is 0 Å². The summed E-state index contributed by atoms with van der Waals surface area (Å²) in [5.74, 6) is -0.589. The first-order valence-electron chi connectivity index (χ1n) is 8.39. The van der Waals surface area contributed by atoms with Gasteiger partial charge < -0.3 is 10.3 Å². The quantitative estimate of drug-likeness (QED) is 0.400. The topological polar surface area (TPSA) is 77.1 Å². The Hall–Kier alpha value is -2.01. The number of nitrogen functional groups attached to an aromatic ring is 1. The molecule has 0 bridgehead atoms. The van der Waals surface area contributed by atoms with E-state index in [1.807, 2.05) is 0 Å². The van der Waals surface area contributed by atoms with Gasteiger partial charge in [-0.05, 0) is 36.8 Å². The van der Waals surface area contributed by atoms with Crippen LogP contribution in [0.25, 0.3) is 10.9 Å². The third-order valence-corrected chi connectivity index (χ3v) is 6.64. The van der Waals surface area contributed by atoms with Gasteiger partial charge >= 0.3 is 6.18 Å². The van der Waals surface area contributed by atoms with E-state index in [-0.39, 0.29) is 15.9 Å². The van der Waals surface area contributed by atoms with Crippen LogP contribution in [0.4, 0.5) is 23.2 Å². The number of nitrogens with one attached hydrogen (secondary N) is 1. The van der Waals surface area contributed by atoms with Gasteiger partial charge in [0.2, 0.25) is 10.0 Å². The summed E-state index contributed by atoms with van der Waals surface area (Å²) in [5.41, 5.74) is 5.84. The van der Waals surface area contributed by atoms with Gasteiger partial charge in [0.05, 0.1) is 16.2 Å². The number of fused-ring (bicyclic) bond motifs is 1.